The van der Waals surface area contributed by atoms with Crippen LogP contribution in [0.15, 0.2) is 47.1 Å². The molecule has 0 N–H and O–H groups in total. The first-order valence-electron chi connectivity index (χ1n) is 6.80. The second-order valence-corrected chi connectivity index (χ2v) is 5.21. The molecular formula is C16H19N2W-. The van der Waals surface area contributed by atoms with Crippen molar-refractivity contribution >= 4 is 6.21 Å². The molecule has 100 valence electrons. The fourth-order valence-electron chi connectivity index (χ4n) is 2.86. The zero-order valence-electron chi connectivity index (χ0n) is 11.1. The van der Waals surface area contributed by atoms with Gasteiger partial charge in [0.15, 0.2) is 0 Å². The van der Waals surface area contributed by atoms with Crippen molar-refractivity contribution in [3.05, 3.63) is 47.7 Å². The monoisotopic (exact) mass is 423 g/mol. The number of benzene rings is 1. The Morgan fingerprint density at radius 2 is 1.89 bits per heavy atom. The van der Waals surface area contributed by atoms with Crippen molar-refractivity contribution in [2.75, 3.05) is 19.6 Å². The van der Waals surface area contributed by atoms with Crippen LogP contribution in [0.4, 0.5) is 0 Å². The molecule has 2 nitrogen and oxygen atoms in total. The molecule has 1 saturated heterocycles. The zero-order valence-corrected chi connectivity index (χ0v) is 14.0. The smallest absolute Gasteiger partial charge is 0.00356 e. The SMILES string of the molecule is [C-]1=NC=C(CN2CCC(c3ccccc3)CC2)C1.[W]. The van der Waals surface area contributed by atoms with E-state index in [2.05, 4.69) is 46.4 Å². The van der Waals surface area contributed by atoms with E-state index >= 15 is 0 Å². The molecule has 0 bridgehead atoms. The number of hydrogen-bond donors (Lipinski definition) is 0. The second-order valence-electron chi connectivity index (χ2n) is 5.21. The Balaban J connectivity index is 0.00000133. The summed E-state index contributed by atoms with van der Waals surface area (Å²) in [5.74, 6) is 0.753. The van der Waals surface area contributed by atoms with Crippen LogP contribution in [0.2, 0.25) is 0 Å². The molecule has 2 aliphatic heterocycles. The molecule has 0 amide bonds. The minimum atomic E-state index is 0. The maximum absolute atomic E-state index is 4.05. The molecule has 0 radical (unpaired) electrons. The van der Waals surface area contributed by atoms with Gasteiger partial charge in [0.1, 0.15) is 0 Å². The predicted molar refractivity (Wildman–Crippen MR) is 75.0 cm³/mol. The average molecular weight is 423 g/mol. The summed E-state index contributed by atoms with van der Waals surface area (Å²) in [5.41, 5.74) is 2.92. The molecule has 0 aromatic heterocycles. The van der Waals surface area contributed by atoms with Gasteiger partial charge in [-0.15, -0.1) is 11.8 Å². The van der Waals surface area contributed by atoms with Crippen LogP contribution >= 0.6 is 0 Å². The van der Waals surface area contributed by atoms with E-state index in [0.717, 1.165) is 18.9 Å². The van der Waals surface area contributed by atoms with Crippen molar-refractivity contribution < 1.29 is 21.1 Å². The third kappa shape index (κ3) is 3.87. The molecule has 1 aromatic rings. The van der Waals surface area contributed by atoms with E-state index in [4.69, 9.17) is 0 Å². The molecule has 2 heterocycles. The van der Waals surface area contributed by atoms with Crippen molar-refractivity contribution in [1.82, 2.24) is 4.90 Å². The Morgan fingerprint density at radius 1 is 1.16 bits per heavy atom. The van der Waals surface area contributed by atoms with E-state index in [1.54, 1.807) is 0 Å². The van der Waals surface area contributed by atoms with Crippen LogP contribution in [-0.4, -0.2) is 30.7 Å². The maximum Gasteiger partial charge on any atom is 0.00356 e. The fourth-order valence-corrected chi connectivity index (χ4v) is 2.86. The Morgan fingerprint density at radius 3 is 2.53 bits per heavy atom. The van der Waals surface area contributed by atoms with E-state index < -0.39 is 0 Å². The topological polar surface area (TPSA) is 15.6 Å². The van der Waals surface area contributed by atoms with E-state index in [9.17, 15) is 0 Å². The van der Waals surface area contributed by atoms with Crippen LogP contribution in [0.5, 0.6) is 0 Å². The first kappa shape index (κ1) is 14.7. The van der Waals surface area contributed by atoms with Gasteiger partial charge in [-0.05, 0) is 37.4 Å². The summed E-state index contributed by atoms with van der Waals surface area (Å²) in [6, 6.07) is 10.9. The second kappa shape index (κ2) is 7.17. The Hall–Kier alpha value is -0.722. The summed E-state index contributed by atoms with van der Waals surface area (Å²) in [4.78, 5) is 6.60. The Labute approximate surface area is 129 Å². The van der Waals surface area contributed by atoms with Gasteiger partial charge >= 0.3 is 0 Å². The molecular weight excluding hydrogens is 404 g/mol. The molecule has 0 spiro atoms. The molecule has 3 rings (SSSR count). The summed E-state index contributed by atoms with van der Waals surface area (Å²) < 4.78 is 0. The molecule has 0 aliphatic carbocycles. The Kier molecular flexibility index (Phi) is 5.54. The van der Waals surface area contributed by atoms with Gasteiger partial charge in [-0.25, -0.2) is 0 Å². The Bertz CT molecular complexity index is 445. The quantitative estimate of drug-likeness (QED) is 0.683. The number of rotatable bonds is 3. The molecule has 3 heteroatoms. The minimum Gasteiger partial charge on any atom is -0.463 e. The zero-order chi connectivity index (χ0) is 12.2. The number of piperidine rings is 1. The van der Waals surface area contributed by atoms with Crippen molar-refractivity contribution in [2.45, 2.75) is 25.2 Å². The van der Waals surface area contributed by atoms with Gasteiger partial charge in [0.05, 0.1) is 0 Å². The molecule has 0 unspecified atom stereocenters. The normalized spacial score (nSPS) is 20.1. The number of aliphatic imine (C=N–C) groups is 1. The molecule has 2 aliphatic rings. The van der Waals surface area contributed by atoms with E-state index in [1.807, 2.05) is 6.20 Å². The summed E-state index contributed by atoms with van der Waals surface area (Å²) in [6.07, 6.45) is 8.47. The molecule has 1 aromatic carbocycles. The van der Waals surface area contributed by atoms with Crippen LogP contribution in [0.25, 0.3) is 0 Å². The van der Waals surface area contributed by atoms with Crippen LogP contribution in [0.3, 0.4) is 0 Å². The van der Waals surface area contributed by atoms with Gasteiger partial charge in [-0.2, -0.15) is 6.21 Å². The van der Waals surface area contributed by atoms with Crippen molar-refractivity contribution in [3.8, 4) is 0 Å². The van der Waals surface area contributed by atoms with E-state index in [0.29, 0.717) is 0 Å². The summed E-state index contributed by atoms with van der Waals surface area (Å²) in [7, 11) is 0. The van der Waals surface area contributed by atoms with Gasteiger partial charge in [-0.3, -0.25) is 0 Å². The average Bonchev–Trinajstić information content (AvgIpc) is 2.94. The molecule has 0 atom stereocenters. The third-order valence-corrected chi connectivity index (χ3v) is 3.93. The van der Waals surface area contributed by atoms with Gasteiger partial charge in [0, 0.05) is 27.6 Å². The van der Waals surface area contributed by atoms with Gasteiger partial charge in [0.25, 0.3) is 0 Å². The maximum atomic E-state index is 4.05. The van der Waals surface area contributed by atoms with Crippen molar-refractivity contribution in [2.24, 2.45) is 4.99 Å². The van der Waals surface area contributed by atoms with Crippen LogP contribution in [0.1, 0.15) is 30.7 Å². The molecule has 0 saturated carbocycles. The van der Waals surface area contributed by atoms with Gasteiger partial charge in [0.2, 0.25) is 0 Å². The summed E-state index contributed by atoms with van der Waals surface area (Å²) in [6.45, 7) is 3.49. The number of nitrogens with zero attached hydrogens (tertiary/aromatic N) is 2. The predicted octanol–water partition coefficient (Wildman–Crippen LogP) is 3.10. The number of hydrogen-bond acceptors (Lipinski definition) is 2. The largest absolute Gasteiger partial charge is 0.463 e. The standard InChI is InChI=1S/C16H19N2.W/c1-2-4-15(5-3-1)16-7-10-18(11-8-16)13-14-6-9-17-12-14;/h1-5,12,16H,6-8,10-11,13H2;/q-1;. The van der Waals surface area contributed by atoms with Crippen molar-refractivity contribution in [3.63, 3.8) is 0 Å². The first-order chi connectivity index (χ1) is 8.92. The first-order valence-corrected chi connectivity index (χ1v) is 6.80. The summed E-state index contributed by atoms with van der Waals surface area (Å²) in [5, 5.41) is 0. The minimum absolute atomic E-state index is 0. The van der Waals surface area contributed by atoms with E-state index in [1.165, 1.54) is 37.1 Å². The van der Waals surface area contributed by atoms with Crippen LogP contribution < -0.4 is 0 Å². The van der Waals surface area contributed by atoms with Gasteiger partial charge < -0.3 is 9.89 Å². The van der Waals surface area contributed by atoms with Crippen LogP contribution in [-0.2, 0) is 21.1 Å². The molecule has 1 fully saturated rings. The molecule has 19 heavy (non-hydrogen) atoms. The van der Waals surface area contributed by atoms with Gasteiger partial charge in [-0.1, -0.05) is 36.8 Å². The summed E-state index contributed by atoms with van der Waals surface area (Å²) >= 11 is 0. The third-order valence-electron chi connectivity index (χ3n) is 3.93. The van der Waals surface area contributed by atoms with Crippen LogP contribution in [0, 0.1) is 0 Å². The number of likely N-dealkylation sites (tertiary alicyclic amines) is 1. The van der Waals surface area contributed by atoms with E-state index in [-0.39, 0.29) is 21.1 Å². The fraction of sp³-hybridized carbons (Fsp3) is 0.438. The van der Waals surface area contributed by atoms with Crippen molar-refractivity contribution in [1.29, 1.82) is 0 Å².